The highest BCUT2D eigenvalue weighted by molar-refractivity contribution is 6.62. The molecule has 3 aromatic rings. The second-order valence-corrected chi connectivity index (χ2v) is 10.1. The van der Waals surface area contributed by atoms with E-state index in [4.69, 9.17) is 14.0 Å². The molecule has 2 aliphatic heterocycles. The number of fused-ring (bicyclic) bond motifs is 1. The van der Waals surface area contributed by atoms with E-state index in [1.165, 1.54) is 5.39 Å². The van der Waals surface area contributed by atoms with Crippen molar-refractivity contribution in [2.45, 2.75) is 58.0 Å². The lowest BCUT2D eigenvalue weighted by atomic mass is 9.79. The number of ether oxygens (including phenoxy) is 1. The molecular weight excluding hydrogens is 415 g/mol. The number of hydrogen-bond donors (Lipinski definition) is 0. The van der Waals surface area contributed by atoms with Crippen molar-refractivity contribution in [3.05, 3.63) is 66.4 Å². The summed E-state index contributed by atoms with van der Waals surface area (Å²) in [5, 5.41) is 1.17. The average Bonchev–Trinajstić information content (AvgIpc) is 3.48. The predicted molar refractivity (Wildman–Crippen MR) is 130 cm³/mol. The number of likely N-dealkylation sites (tertiary alicyclic amines) is 1. The van der Waals surface area contributed by atoms with Crippen LogP contribution >= 0.6 is 0 Å². The van der Waals surface area contributed by atoms with E-state index in [-0.39, 0.29) is 23.3 Å². The third kappa shape index (κ3) is 4.16. The smallest absolute Gasteiger partial charge is 0.445 e. The maximum atomic E-state index is 12.6. The number of hydrogen-bond acceptors (Lipinski definition) is 4. The molecule has 2 aliphatic rings. The Hall–Kier alpha value is -2.77. The van der Waals surface area contributed by atoms with Crippen LogP contribution in [-0.2, 0) is 20.7 Å². The molecule has 1 amide bonds. The van der Waals surface area contributed by atoms with Gasteiger partial charge in [-0.1, -0.05) is 42.5 Å². The van der Waals surface area contributed by atoms with Gasteiger partial charge < -0.3 is 23.5 Å². The van der Waals surface area contributed by atoms with Gasteiger partial charge in [-0.15, -0.1) is 0 Å². The van der Waals surface area contributed by atoms with Crippen molar-refractivity contribution in [2.24, 2.45) is 0 Å². The Morgan fingerprint density at radius 1 is 1.06 bits per heavy atom. The number of carbonyl (C=O) groups excluding carboxylic acids is 1. The Morgan fingerprint density at radius 3 is 2.52 bits per heavy atom. The third-order valence-corrected chi connectivity index (χ3v) is 7.29. The lowest BCUT2D eigenvalue weighted by molar-refractivity contribution is 0.00578. The van der Waals surface area contributed by atoms with E-state index in [1.807, 2.05) is 30.3 Å². The van der Waals surface area contributed by atoms with Gasteiger partial charge in [-0.3, -0.25) is 0 Å². The molecule has 2 fully saturated rings. The molecule has 7 heteroatoms. The monoisotopic (exact) mass is 446 g/mol. The zero-order chi connectivity index (χ0) is 23.2. The van der Waals surface area contributed by atoms with Crippen LogP contribution in [0.3, 0.4) is 0 Å². The van der Waals surface area contributed by atoms with Gasteiger partial charge in [-0.05, 0) is 62.7 Å². The summed E-state index contributed by atoms with van der Waals surface area (Å²) < 4.78 is 20.3. The number of benzene rings is 2. The summed E-state index contributed by atoms with van der Waals surface area (Å²) in [6.07, 6.45) is 2.75. The van der Waals surface area contributed by atoms with Gasteiger partial charge in [0.05, 0.1) is 17.2 Å². The van der Waals surface area contributed by atoms with Crippen LogP contribution in [-0.4, -0.2) is 47.0 Å². The molecule has 0 spiro atoms. The highest BCUT2D eigenvalue weighted by Crippen LogP contribution is 2.37. The zero-order valence-corrected chi connectivity index (χ0v) is 19.8. The van der Waals surface area contributed by atoms with E-state index < -0.39 is 7.12 Å². The summed E-state index contributed by atoms with van der Waals surface area (Å²) in [6.45, 7) is 9.89. The van der Waals surface area contributed by atoms with Gasteiger partial charge in [0.1, 0.15) is 6.61 Å². The Balaban J connectivity index is 1.29. The number of amides is 1. The van der Waals surface area contributed by atoms with E-state index in [0.29, 0.717) is 19.7 Å². The van der Waals surface area contributed by atoms with Gasteiger partial charge >= 0.3 is 13.2 Å². The lowest BCUT2D eigenvalue weighted by Gasteiger charge is -2.32. The maximum Gasteiger partial charge on any atom is 0.494 e. The van der Waals surface area contributed by atoms with Crippen molar-refractivity contribution in [3.8, 4) is 0 Å². The van der Waals surface area contributed by atoms with E-state index in [0.717, 1.165) is 23.0 Å². The number of carbonyl (C=O) groups is 1. The van der Waals surface area contributed by atoms with Crippen LogP contribution in [0, 0.1) is 0 Å². The van der Waals surface area contributed by atoms with E-state index in [2.05, 4.69) is 62.7 Å². The van der Waals surface area contributed by atoms with Gasteiger partial charge in [-0.25, -0.2) is 4.79 Å². The molecule has 5 rings (SSSR count). The van der Waals surface area contributed by atoms with Crippen molar-refractivity contribution >= 4 is 29.6 Å². The van der Waals surface area contributed by atoms with Crippen LogP contribution in [0.15, 0.2) is 60.8 Å². The molecule has 1 aromatic heterocycles. The van der Waals surface area contributed by atoms with Gasteiger partial charge in [0.25, 0.3) is 0 Å². The molecule has 0 aliphatic carbocycles. The minimum Gasteiger partial charge on any atom is -0.445 e. The predicted octanol–water partition coefficient (Wildman–Crippen LogP) is 4.52. The van der Waals surface area contributed by atoms with Crippen molar-refractivity contribution in [2.75, 3.05) is 13.1 Å². The summed E-state index contributed by atoms with van der Waals surface area (Å²) >= 11 is 0. The summed E-state index contributed by atoms with van der Waals surface area (Å²) in [5.74, 6) is 0. The molecule has 1 atom stereocenters. The molecule has 0 bridgehead atoms. The highest BCUT2D eigenvalue weighted by atomic mass is 16.7. The Labute approximate surface area is 195 Å². The Morgan fingerprint density at radius 2 is 1.79 bits per heavy atom. The standard InChI is InChI=1S/C26H31BN2O4/c1-25(2)26(3,4)33-27(32-25)21-11-10-20-12-15-29(23(20)16-21)22-13-14-28(17-22)24(30)31-18-19-8-6-5-7-9-19/h5-12,15-16,22H,13-14,17-18H2,1-4H3. The summed E-state index contributed by atoms with van der Waals surface area (Å²) in [6, 6.07) is 18.5. The molecule has 0 saturated carbocycles. The van der Waals surface area contributed by atoms with Gasteiger partial charge in [0.15, 0.2) is 0 Å². The maximum absolute atomic E-state index is 12.6. The molecule has 3 heterocycles. The number of aromatic nitrogens is 1. The average molecular weight is 446 g/mol. The minimum atomic E-state index is -0.393. The fourth-order valence-electron chi connectivity index (χ4n) is 4.56. The molecule has 2 saturated heterocycles. The minimum absolute atomic E-state index is 0.209. The molecular formula is C26H31BN2O4. The van der Waals surface area contributed by atoms with Gasteiger partial charge in [0, 0.05) is 24.8 Å². The summed E-state index contributed by atoms with van der Waals surface area (Å²) in [4.78, 5) is 14.4. The third-order valence-electron chi connectivity index (χ3n) is 7.29. The fourth-order valence-corrected chi connectivity index (χ4v) is 4.56. The first-order valence-corrected chi connectivity index (χ1v) is 11.7. The first kappa shape index (κ1) is 22.0. The van der Waals surface area contributed by atoms with Crippen molar-refractivity contribution in [1.82, 2.24) is 9.47 Å². The molecule has 33 heavy (non-hydrogen) atoms. The van der Waals surface area contributed by atoms with Gasteiger partial charge in [0.2, 0.25) is 0 Å². The summed E-state index contributed by atoms with van der Waals surface area (Å²) in [7, 11) is -0.393. The second-order valence-electron chi connectivity index (χ2n) is 10.1. The SMILES string of the molecule is CC1(C)OB(c2ccc3ccn(C4CCN(C(=O)OCc5ccccc5)C4)c3c2)OC1(C)C. The molecule has 0 N–H and O–H groups in total. The molecule has 2 aromatic carbocycles. The number of nitrogens with zero attached hydrogens (tertiary/aromatic N) is 2. The topological polar surface area (TPSA) is 52.9 Å². The van der Waals surface area contributed by atoms with E-state index >= 15 is 0 Å². The van der Waals surface area contributed by atoms with Crippen LogP contribution in [0.4, 0.5) is 4.79 Å². The van der Waals surface area contributed by atoms with Crippen LogP contribution in [0.25, 0.3) is 10.9 Å². The quantitative estimate of drug-likeness (QED) is 0.553. The largest absolute Gasteiger partial charge is 0.494 e. The van der Waals surface area contributed by atoms with Crippen molar-refractivity contribution < 1.29 is 18.8 Å². The highest BCUT2D eigenvalue weighted by Gasteiger charge is 2.51. The molecule has 1 unspecified atom stereocenters. The van der Waals surface area contributed by atoms with Crippen LogP contribution in [0.1, 0.15) is 45.7 Å². The normalized spacial score (nSPS) is 21.6. The summed E-state index contributed by atoms with van der Waals surface area (Å²) in [5.41, 5.74) is 2.39. The number of rotatable bonds is 4. The van der Waals surface area contributed by atoms with Crippen LogP contribution in [0.2, 0.25) is 0 Å². The first-order valence-electron chi connectivity index (χ1n) is 11.7. The van der Waals surface area contributed by atoms with Crippen molar-refractivity contribution in [1.29, 1.82) is 0 Å². The Kier molecular flexibility index (Phi) is 5.49. The fraction of sp³-hybridized carbons (Fsp3) is 0.423. The molecule has 172 valence electrons. The molecule has 6 nitrogen and oxygen atoms in total. The van der Waals surface area contributed by atoms with E-state index in [1.54, 1.807) is 4.90 Å². The first-order chi connectivity index (χ1) is 15.7. The Bertz CT molecular complexity index is 1140. The second kappa shape index (κ2) is 8.22. The van der Waals surface area contributed by atoms with Crippen LogP contribution in [0.5, 0.6) is 0 Å². The lowest BCUT2D eigenvalue weighted by Crippen LogP contribution is -2.41. The van der Waals surface area contributed by atoms with Crippen molar-refractivity contribution in [3.63, 3.8) is 0 Å². The zero-order valence-electron chi connectivity index (χ0n) is 19.8. The van der Waals surface area contributed by atoms with E-state index in [9.17, 15) is 4.79 Å². The molecule has 0 radical (unpaired) electrons. The van der Waals surface area contributed by atoms with Crippen LogP contribution < -0.4 is 5.46 Å². The van der Waals surface area contributed by atoms with Gasteiger partial charge in [-0.2, -0.15) is 0 Å².